The van der Waals surface area contributed by atoms with Gasteiger partial charge in [0.1, 0.15) is 0 Å². The first kappa shape index (κ1) is 17.7. The largest absolute Gasteiger partial charge is 0.340 e. The van der Waals surface area contributed by atoms with Crippen LogP contribution in [0.1, 0.15) is 44.6 Å². The number of nitrogens with zero attached hydrogens (tertiary/aromatic N) is 2. The van der Waals surface area contributed by atoms with Crippen LogP contribution in [0, 0.1) is 29.6 Å². The molecule has 5 aliphatic rings. The lowest BCUT2D eigenvalue weighted by Gasteiger charge is -2.64. The molecule has 0 atom stereocenters. The van der Waals surface area contributed by atoms with E-state index in [1.807, 2.05) is 0 Å². The second-order valence-electron chi connectivity index (χ2n) is 9.98. The second kappa shape index (κ2) is 6.62. The molecule has 0 spiro atoms. The van der Waals surface area contributed by atoms with Gasteiger partial charge in [-0.3, -0.25) is 4.79 Å². The highest BCUT2D eigenvalue weighted by Gasteiger charge is 2.60. The molecule has 3 nitrogen and oxygen atoms in total. The lowest BCUT2D eigenvalue weighted by Crippen LogP contribution is -2.60. The first-order chi connectivity index (χ1) is 13.1. The van der Waals surface area contributed by atoms with E-state index in [0.29, 0.717) is 17.7 Å². The summed E-state index contributed by atoms with van der Waals surface area (Å²) in [5.41, 5.74) is 1.54. The van der Waals surface area contributed by atoms with Gasteiger partial charge in [-0.25, -0.2) is 0 Å². The van der Waals surface area contributed by atoms with Crippen molar-refractivity contribution < 1.29 is 4.79 Å². The van der Waals surface area contributed by atoms with Crippen LogP contribution in [0.2, 0.25) is 0 Å². The maximum absolute atomic E-state index is 13.4. The Kier molecular flexibility index (Phi) is 4.34. The van der Waals surface area contributed by atoms with Gasteiger partial charge in [-0.2, -0.15) is 0 Å². The maximum atomic E-state index is 13.4. The van der Waals surface area contributed by atoms with Crippen LogP contribution in [-0.2, 0) is 10.2 Å². The Morgan fingerprint density at radius 1 is 0.963 bits per heavy atom. The number of hydrogen-bond acceptors (Lipinski definition) is 2. The highest BCUT2D eigenvalue weighted by atomic mass is 16.2. The van der Waals surface area contributed by atoms with Crippen molar-refractivity contribution in [1.29, 1.82) is 0 Å². The molecule has 27 heavy (non-hydrogen) atoms. The van der Waals surface area contributed by atoms with Crippen molar-refractivity contribution >= 4 is 5.91 Å². The molecule has 0 N–H and O–H groups in total. The fraction of sp³-hybridized carbons (Fsp3) is 0.708. The summed E-state index contributed by atoms with van der Waals surface area (Å²) >= 11 is 0. The molecule has 6 rings (SSSR count). The molecule has 1 amide bonds. The Hall–Kier alpha value is -1.35. The molecule has 5 fully saturated rings. The summed E-state index contributed by atoms with van der Waals surface area (Å²) in [6, 6.07) is 11.1. The predicted octanol–water partition coefficient (Wildman–Crippen LogP) is 3.79. The van der Waals surface area contributed by atoms with Crippen LogP contribution < -0.4 is 0 Å². The molecule has 1 heterocycles. The molecule has 4 bridgehead atoms. The zero-order valence-electron chi connectivity index (χ0n) is 16.9. The van der Waals surface area contributed by atoms with Crippen LogP contribution >= 0.6 is 0 Å². The molecule has 1 aromatic rings. The highest BCUT2D eigenvalue weighted by Crippen LogP contribution is 2.65. The summed E-state index contributed by atoms with van der Waals surface area (Å²) in [6.45, 7) is 6.32. The van der Waals surface area contributed by atoms with Gasteiger partial charge in [0.05, 0.1) is 0 Å². The summed E-state index contributed by atoms with van der Waals surface area (Å²) in [4.78, 5) is 17.9. The molecule has 146 valence electrons. The van der Waals surface area contributed by atoms with Gasteiger partial charge in [0.25, 0.3) is 0 Å². The molecule has 4 aliphatic carbocycles. The molecule has 0 radical (unpaired) electrons. The van der Waals surface area contributed by atoms with E-state index in [0.717, 1.165) is 50.4 Å². The molecule has 3 heteroatoms. The van der Waals surface area contributed by atoms with Crippen LogP contribution in [0.15, 0.2) is 30.3 Å². The Morgan fingerprint density at radius 3 is 2.07 bits per heavy atom. The Morgan fingerprint density at radius 2 is 1.52 bits per heavy atom. The third-order valence-corrected chi connectivity index (χ3v) is 8.90. The minimum Gasteiger partial charge on any atom is -0.340 e. The van der Waals surface area contributed by atoms with Crippen LogP contribution in [0.25, 0.3) is 0 Å². The van der Waals surface area contributed by atoms with Gasteiger partial charge < -0.3 is 9.80 Å². The molecular weight excluding hydrogens is 332 g/mol. The first-order valence-electron chi connectivity index (χ1n) is 11.1. The molecule has 0 aromatic heterocycles. The fourth-order valence-corrected chi connectivity index (χ4v) is 7.29. The van der Waals surface area contributed by atoms with Crippen molar-refractivity contribution in [2.45, 2.75) is 44.4 Å². The van der Waals surface area contributed by atoms with Crippen LogP contribution in [0.3, 0.4) is 0 Å². The van der Waals surface area contributed by atoms with Crippen molar-refractivity contribution in [3.63, 3.8) is 0 Å². The predicted molar refractivity (Wildman–Crippen MR) is 108 cm³/mol. The normalized spacial score (nSPS) is 41.1. The van der Waals surface area contributed by atoms with E-state index in [-0.39, 0.29) is 5.41 Å². The molecule has 1 aromatic carbocycles. The summed E-state index contributed by atoms with van der Waals surface area (Å²) < 4.78 is 0. The lowest BCUT2D eigenvalue weighted by atomic mass is 9.41. The van der Waals surface area contributed by atoms with Crippen LogP contribution in [0.4, 0.5) is 0 Å². The number of piperazine rings is 1. The number of amides is 1. The Bertz CT molecular complexity index is 662. The number of carbonyl (C=O) groups excluding carboxylic acids is 1. The average molecular weight is 367 g/mol. The zero-order chi connectivity index (χ0) is 18.6. The Labute approximate surface area is 164 Å². The average Bonchev–Trinajstić information content (AvgIpc) is 2.67. The van der Waals surface area contributed by atoms with Gasteiger partial charge in [-0.1, -0.05) is 37.3 Å². The molecule has 4 saturated carbocycles. The smallest absolute Gasteiger partial charge is 0.223 e. The van der Waals surface area contributed by atoms with Gasteiger partial charge in [0.15, 0.2) is 0 Å². The number of rotatable bonds is 3. The first-order valence-corrected chi connectivity index (χ1v) is 11.1. The fourth-order valence-electron chi connectivity index (χ4n) is 7.29. The maximum Gasteiger partial charge on any atom is 0.223 e. The topological polar surface area (TPSA) is 23.6 Å². The lowest BCUT2D eigenvalue weighted by molar-refractivity contribution is -0.143. The van der Waals surface area contributed by atoms with Gasteiger partial charge in [0.2, 0.25) is 5.91 Å². The standard InChI is InChI=1S/C24H34N2O/c1-17-18-12-21-14-19(17)15-22(13-18)24(21,20-6-4-3-5-7-20)16-23(27)26-10-8-25(2)9-11-26/h3-7,17-19,21-22H,8-16H2,1-2H3. The molecule has 1 aliphatic heterocycles. The number of carbonyl (C=O) groups is 1. The van der Waals surface area contributed by atoms with Crippen molar-refractivity contribution in [2.24, 2.45) is 29.6 Å². The minimum atomic E-state index is 0.0921. The van der Waals surface area contributed by atoms with Gasteiger partial charge in [-0.05, 0) is 67.9 Å². The number of hydrogen-bond donors (Lipinski definition) is 0. The molecule has 0 unspecified atom stereocenters. The Balaban J connectivity index is 1.47. The van der Waals surface area contributed by atoms with E-state index in [1.54, 1.807) is 0 Å². The van der Waals surface area contributed by atoms with E-state index >= 15 is 0 Å². The SMILES string of the molecule is CC1C2CC3CC1CC(C2)C3(CC(=O)N1CCN(C)CC1)c1ccccc1. The van der Waals surface area contributed by atoms with Crippen molar-refractivity contribution in [3.8, 4) is 0 Å². The molecular formula is C24H34N2O. The van der Waals surface area contributed by atoms with Crippen molar-refractivity contribution in [1.82, 2.24) is 9.80 Å². The minimum absolute atomic E-state index is 0.0921. The number of benzene rings is 1. The summed E-state index contributed by atoms with van der Waals surface area (Å²) in [6.07, 6.45) is 6.13. The second-order valence-corrected chi connectivity index (χ2v) is 9.98. The van der Waals surface area contributed by atoms with E-state index < -0.39 is 0 Å². The van der Waals surface area contributed by atoms with E-state index in [1.165, 1.54) is 31.2 Å². The van der Waals surface area contributed by atoms with Crippen molar-refractivity contribution in [2.75, 3.05) is 33.2 Å². The van der Waals surface area contributed by atoms with Crippen molar-refractivity contribution in [3.05, 3.63) is 35.9 Å². The third kappa shape index (κ3) is 2.76. The summed E-state index contributed by atoms with van der Waals surface area (Å²) in [7, 11) is 2.16. The van der Waals surface area contributed by atoms with Crippen LogP contribution in [-0.4, -0.2) is 48.9 Å². The van der Waals surface area contributed by atoms with E-state index in [4.69, 9.17) is 0 Å². The van der Waals surface area contributed by atoms with Gasteiger partial charge >= 0.3 is 0 Å². The number of likely N-dealkylation sites (N-methyl/N-ethyl adjacent to an activating group) is 1. The van der Waals surface area contributed by atoms with E-state index in [2.05, 4.69) is 54.1 Å². The monoisotopic (exact) mass is 366 g/mol. The summed E-state index contributed by atoms with van der Waals surface area (Å²) in [5.74, 6) is 4.53. The van der Waals surface area contributed by atoms with Gasteiger partial charge in [-0.15, -0.1) is 0 Å². The highest BCUT2D eigenvalue weighted by molar-refractivity contribution is 5.78. The molecule has 1 saturated heterocycles. The van der Waals surface area contributed by atoms with E-state index in [9.17, 15) is 4.79 Å². The van der Waals surface area contributed by atoms with Crippen LogP contribution in [0.5, 0.6) is 0 Å². The van der Waals surface area contributed by atoms with Gasteiger partial charge in [0, 0.05) is 38.0 Å². The summed E-state index contributed by atoms with van der Waals surface area (Å²) in [5, 5.41) is 0. The third-order valence-electron chi connectivity index (χ3n) is 8.90. The quantitative estimate of drug-likeness (QED) is 0.812. The zero-order valence-corrected chi connectivity index (χ0v) is 16.9.